The van der Waals surface area contributed by atoms with Crippen molar-refractivity contribution in [3.63, 3.8) is 0 Å². The van der Waals surface area contributed by atoms with Crippen molar-refractivity contribution in [1.29, 1.82) is 5.26 Å². The van der Waals surface area contributed by atoms with Gasteiger partial charge in [-0.05, 0) is 35.9 Å². The number of halogens is 4. The smallest absolute Gasteiger partial charge is 0.308 e. The van der Waals surface area contributed by atoms with Crippen LogP contribution in [0.2, 0.25) is 10.0 Å². The summed E-state index contributed by atoms with van der Waals surface area (Å²) in [6.45, 7) is 3.41. The first kappa shape index (κ1) is 31.3. The van der Waals surface area contributed by atoms with Gasteiger partial charge in [-0.3, -0.25) is 9.80 Å². The van der Waals surface area contributed by atoms with Gasteiger partial charge >= 0.3 is 5.97 Å². The van der Waals surface area contributed by atoms with Gasteiger partial charge in [0.2, 0.25) is 0 Å². The number of hydrazone groups is 1. The van der Waals surface area contributed by atoms with E-state index in [4.69, 9.17) is 38.2 Å². The number of aliphatic hydroxyl groups is 1. The highest BCUT2D eigenvalue weighted by molar-refractivity contribution is 7.10. The van der Waals surface area contributed by atoms with Crippen LogP contribution in [0, 0.1) is 23.0 Å². The van der Waals surface area contributed by atoms with Crippen LogP contribution >= 0.6 is 34.5 Å². The number of nitriles is 1. The van der Waals surface area contributed by atoms with Gasteiger partial charge in [0.15, 0.2) is 5.75 Å². The molecule has 226 valence electrons. The van der Waals surface area contributed by atoms with E-state index in [1.54, 1.807) is 54.7 Å². The molecule has 1 aliphatic rings. The van der Waals surface area contributed by atoms with E-state index in [1.165, 1.54) is 24.3 Å². The van der Waals surface area contributed by atoms with E-state index in [-0.39, 0.29) is 34.6 Å². The number of ether oxygens (including phenoxy) is 1. The molecule has 2 atom stereocenters. The third-order valence-corrected chi connectivity index (χ3v) is 8.74. The number of carbonyl (C=O) groups excluding carboxylic acids is 1. The summed E-state index contributed by atoms with van der Waals surface area (Å²) in [4.78, 5) is 17.9. The molecule has 8 nitrogen and oxygen atoms in total. The summed E-state index contributed by atoms with van der Waals surface area (Å²) in [5.41, 5.74) is 0.722. The van der Waals surface area contributed by atoms with E-state index in [2.05, 4.69) is 11.2 Å². The molecule has 1 N–H and O–H groups in total. The molecular formula is C31H25Cl2F2N5O3S. The van der Waals surface area contributed by atoms with Crippen molar-refractivity contribution in [2.75, 3.05) is 13.2 Å². The Morgan fingerprint density at radius 2 is 1.89 bits per heavy atom. The van der Waals surface area contributed by atoms with Gasteiger partial charge in [-0.2, -0.15) is 10.4 Å². The highest BCUT2D eigenvalue weighted by Gasteiger charge is 2.43. The Labute approximate surface area is 266 Å². The lowest BCUT2D eigenvalue weighted by Crippen LogP contribution is -2.44. The fourth-order valence-corrected chi connectivity index (χ4v) is 6.48. The molecule has 0 bridgehead atoms. The number of hydrogen-bond donors (Lipinski definition) is 1. The second-order valence-electron chi connectivity index (χ2n) is 10.3. The maximum Gasteiger partial charge on any atom is 0.308 e. The monoisotopic (exact) mass is 655 g/mol. The van der Waals surface area contributed by atoms with E-state index in [9.17, 15) is 14.3 Å². The zero-order chi connectivity index (χ0) is 31.6. The summed E-state index contributed by atoms with van der Waals surface area (Å²) in [6.07, 6.45) is 1.57. The second-order valence-corrected chi connectivity index (χ2v) is 12.0. The second kappa shape index (κ2) is 12.9. The third kappa shape index (κ3) is 6.69. The molecule has 0 unspecified atom stereocenters. The summed E-state index contributed by atoms with van der Waals surface area (Å²) in [5, 5.41) is 30.0. The van der Waals surface area contributed by atoms with Crippen molar-refractivity contribution in [2.45, 2.75) is 31.9 Å². The lowest BCUT2D eigenvalue weighted by molar-refractivity contribution is -0.131. The van der Waals surface area contributed by atoms with Gasteiger partial charge in [0.05, 0.1) is 38.9 Å². The van der Waals surface area contributed by atoms with Crippen molar-refractivity contribution in [1.82, 2.24) is 14.9 Å². The van der Waals surface area contributed by atoms with E-state index in [0.717, 1.165) is 23.3 Å². The molecule has 0 fully saturated rings. The molecule has 1 aromatic heterocycles. The van der Waals surface area contributed by atoms with E-state index in [0.29, 0.717) is 22.8 Å². The minimum atomic E-state index is -1.86. The minimum Gasteiger partial charge on any atom is -0.424 e. The average Bonchev–Trinajstić information content (AvgIpc) is 3.64. The molecular weight excluding hydrogens is 631 g/mol. The fourth-order valence-electron chi connectivity index (χ4n) is 4.90. The Morgan fingerprint density at radius 3 is 2.52 bits per heavy atom. The number of nitrogens with zero attached hydrogens (tertiary/aromatic N) is 5. The maximum atomic E-state index is 15.2. The zero-order valence-electron chi connectivity index (χ0n) is 23.5. The van der Waals surface area contributed by atoms with E-state index < -0.39 is 29.1 Å². The number of esters is 1. The number of hydrogen-bond acceptors (Lipinski definition) is 9. The van der Waals surface area contributed by atoms with Crippen molar-refractivity contribution >= 4 is 46.8 Å². The van der Waals surface area contributed by atoms with Gasteiger partial charge in [-0.1, -0.05) is 48.3 Å². The van der Waals surface area contributed by atoms with Crippen molar-refractivity contribution < 1.29 is 23.4 Å². The molecule has 3 aromatic carbocycles. The fraction of sp³-hybridized carbons (Fsp3) is 0.226. The Kier molecular flexibility index (Phi) is 9.18. The van der Waals surface area contributed by atoms with E-state index in [1.807, 2.05) is 10.3 Å². The van der Waals surface area contributed by atoms with Crippen LogP contribution in [0.1, 0.15) is 41.5 Å². The van der Waals surface area contributed by atoms with Gasteiger partial charge in [-0.15, -0.1) is 11.3 Å². The summed E-state index contributed by atoms with van der Waals surface area (Å²) in [5.74, 6) is -2.85. The van der Waals surface area contributed by atoms with Crippen LogP contribution in [0.4, 0.5) is 8.78 Å². The zero-order valence-corrected chi connectivity index (χ0v) is 25.8. The predicted octanol–water partition coefficient (Wildman–Crippen LogP) is 6.90. The molecule has 0 aliphatic carbocycles. The molecule has 44 heavy (non-hydrogen) atoms. The summed E-state index contributed by atoms with van der Waals surface area (Å²) in [7, 11) is 0. The number of rotatable bonds is 9. The van der Waals surface area contributed by atoms with Crippen LogP contribution in [-0.2, 0) is 16.9 Å². The Bertz CT molecular complexity index is 1760. The van der Waals surface area contributed by atoms with Crippen LogP contribution in [-0.4, -0.2) is 45.5 Å². The van der Waals surface area contributed by atoms with Gasteiger partial charge in [0, 0.05) is 42.0 Å². The maximum absolute atomic E-state index is 15.2. The summed E-state index contributed by atoms with van der Waals surface area (Å²) >= 11 is 13.9. The molecule has 0 amide bonds. The number of β-amino-alcohol motifs (C(OH)–C–C–N with tert-alkyl or cyclic N) is 1. The Morgan fingerprint density at radius 1 is 1.18 bits per heavy atom. The highest BCUT2D eigenvalue weighted by atomic mass is 35.5. The third-order valence-electron chi connectivity index (χ3n) is 7.15. The molecule has 0 saturated heterocycles. The van der Waals surface area contributed by atoms with Gasteiger partial charge in [0.25, 0.3) is 0 Å². The first-order valence-electron chi connectivity index (χ1n) is 13.3. The van der Waals surface area contributed by atoms with Crippen LogP contribution in [0.3, 0.4) is 0 Å². The Hall–Kier alpha value is -4.08. The molecule has 0 spiro atoms. The SMILES string of the molecule is CC(=O)Oc1c(Cl)cc(CN2C=NN(C[C@](O)(c3ccc(F)cc3F)[C@@H](C)c3nc(-c4ccc(C#N)cc4)cs3)C2)cc1Cl. The Balaban J connectivity index is 1.38. The molecule has 5 rings (SSSR count). The highest BCUT2D eigenvalue weighted by Crippen LogP contribution is 2.42. The summed E-state index contributed by atoms with van der Waals surface area (Å²) < 4.78 is 34.2. The number of aromatic nitrogens is 1. The van der Waals surface area contributed by atoms with Crippen LogP contribution in [0.15, 0.2) is 65.1 Å². The first-order chi connectivity index (χ1) is 21.0. The lowest BCUT2D eigenvalue weighted by Gasteiger charge is -2.36. The molecule has 1 aliphatic heterocycles. The number of benzene rings is 3. The van der Waals surface area contributed by atoms with Crippen molar-refractivity contribution in [3.05, 3.63) is 103 Å². The van der Waals surface area contributed by atoms with Crippen LogP contribution in [0.5, 0.6) is 5.75 Å². The molecule has 0 radical (unpaired) electrons. The minimum absolute atomic E-state index is 0.0752. The van der Waals surface area contributed by atoms with E-state index >= 15 is 4.39 Å². The largest absolute Gasteiger partial charge is 0.424 e. The topological polar surface area (TPSA) is 102 Å². The molecule has 0 saturated carbocycles. The normalized spacial score (nSPS) is 14.8. The molecule has 4 aromatic rings. The van der Waals surface area contributed by atoms with Crippen LogP contribution in [0.25, 0.3) is 11.3 Å². The average molecular weight is 657 g/mol. The van der Waals surface area contributed by atoms with Gasteiger partial charge in [0.1, 0.15) is 30.2 Å². The quantitative estimate of drug-likeness (QED) is 0.155. The molecule has 2 heterocycles. The van der Waals surface area contributed by atoms with Gasteiger partial charge < -0.3 is 14.7 Å². The van der Waals surface area contributed by atoms with Crippen LogP contribution < -0.4 is 4.74 Å². The first-order valence-corrected chi connectivity index (χ1v) is 14.9. The van der Waals surface area contributed by atoms with Crippen molar-refractivity contribution in [3.8, 4) is 23.1 Å². The van der Waals surface area contributed by atoms with Crippen molar-refractivity contribution in [2.24, 2.45) is 5.10 Å². The standard InChI is InChI=1S/C31H25Cl2F2N5O3S/c1-18(30-38-28(14-44-30)22-5-3-20(12-36)4-6-22)31(42,24-8-7-23(34)11-27(24)35)15-40-17-39(16-37-40)13-21-9-25(32)29(26(33)10-21)43-19(2)41/h3-11,14,16,18,42H,13,15,17H2,1-2H3/t18-,31+/m0/s1. The number of thiazole rings is 1. The number of carbonyl (C=O) groups is 1. The molecule has 13 heteroatoms. The lowest BCUT2D eigenvalue weighted by atomic mass is 9.81. The predicted molar refractivity (Wildman–Crippen MR) is 164 cm³/mol. The summed E-state index contributed by atoms with van der Waals surface area (Å²) in [6, 6.07) is 15.4. The van der Waals surface area contributed by atoms with Gasteiger partial charge in [-0.25, -0.2) is 13.8 Å².